The largest absolute Gasteiger partial charge is 1.00 e. The van der Waals surface area contributed by atoms with Crippen LogP contribution in [0.25, 0.3) is 0 Å². The minimum atomic E-state index is -3.92. The van der Waals surface area contributed by atoms with E-state index in [4.69, 9.17) is 12.2 Å². The van der Waals surface area contributed by atoms with Gasteiger partial charge in [0.05, 0.1) is 6.20 Å². The van der Waals surface area contributed by atoms with Gasteiger partial charge in [-0.3, -0.25) is 4.28 Å². The van der Waals surface area contributed by atoms with Crippen molar-refractivity contribution in [3.8, 4) is 0 Å². The van der Waals surface area contributed by atoms with Gasteiger partial charge in [0.25, 0.3) is 0 Å². The van der Waals surface area contributed by atoms with Crippen molar-refractivity contribution >= 4 is 38.6 Å². The van der Waals surface area contributed by atoms with Crippen molar-refractivity contribution in [2.45, 2.75) is 13.3 Å². The predicted octanol–water partition coefficient (Wildman–Crippen LogP) is -2.31. The quantitative estimate of drug-likeness (QED) is 0.487. The van der Waals surface area contributed by atoms with Crippen molar-refractivity contribution in [2.75, 3.05) is 5.75 Å². The standard InChI is InChI=1S/C7H11N3O3S3.Na.H/c1-2-5-15-7(14)9-16(11,12)13-10-4-3-8-6-10;;/h3-4,6H,2,5H2,1H3,(H,9,14);;/q;+1;-1. The fourth-order valence-electron chi connectivity index (χ4n) is 0.749. The molecule has 6 nitrogen and oxygen atoms in total. The number of aromatic nitrogens is 2. The number of nitrogens with one attached hydrogen (secondary N) is 1. The molecule has 0 saturated heterocycles. The second-order valence-electron chi connectivity index (χ2n) is 2.69. The van der Waals surface area contributed by atoms with Gasteiger partial charge in [-0.25, -0.2) is 9.71 Å². The van der Waals surface area contributed by atoms with E-state index in [-0.39, 0.29) is 35.3 Å². The molecule has 0 spiro atoms. The van der Waals surface area contributed by atoms with E-state index in [1.807, 2.05) is 6.92 Å². The van der Waals surface area contributed by atoms with Gasteiger partial charge in [-0.05, 0) is 6.42 Å². The molecule has 92 valence electrons. The number of hydrogen-bond donors (Lipinski definition) is 1. The molecule has 0 aliphatic carbocycles. The minimum absolute atomic E-state index is 0. The van der Waals surface area contributed by atoms with E-state index in [2.05, 4.69) is 14.0 Å². The van der Waals surface area contributed by atoms with Crippen molar-refractivity contribution < 1.29 is 43.7 Å². The topological polar surface area (TPSA) is 73.2 Å². The van der Waals surface area contributed by atoms with Gasteiger partial charge in [-0.15, -0.1) is 0 Å². The summed E-state index contributed by atoms with van der Waals surface area (Å²) < 4.78 is 30.6. The van der Waals surface area contributed by atoms with E-state index in [1.54, 1.807) is 0 Å². The Bertz CT molecular complexity index is 440. The molecule has 0 aromatic carbocycles. The van der Waals surface area contributed by atoms with Gasteiger partial charge >= 0.3 is 39.9 Å². The Hall–Kier alpha value is 0.200. The average molecular weight is 305 g/mol. The first-order chi connectivity index (χ1) is 7.53. The van der Waals surface area contributed by atoms with Gasteiger partial charge in [0.1, 0.15) is 10.6 Å². The second-order valence-corrected chi connectivity index (χ2v) is 5.72. The SMILES string of the molecule is CCCSC(=S)NS(=O)(=O)On1ccnc1.[H-].[Na+]. The first kappa shape index (κ1) is 17.2. The second kappa shape index (κ2) is 8.33. The van der Waals surface area contributed by atoms with Crippen LogP contribution in [0.1, 0.15) is 14.8 Å². The summed E-state index contributed by atoms with van der Waals surface area (Å²) in [6, 6.07) is 0. The zero-order chi connectivity index (χ0) is 12.0. The van der Waals surface area contributed by atoms with Crippen LogP contribution in [0.2, 0.25) is 0 Å². The van der Waals surface area contributed by atoms with Gasteiger partial charge in [-0.2, -0.15) is 13.1 Å². The Morgan fingerprint density at radius 3 is 2.94 bits per heavy atom. The summed E-state index contributed by atoms with van der Waals surface area (Å²) in [6.45, 7) is 1.98. The van der Waals surface area contributed by atoms with E-state index in [0.29, 0.717) is 0 Å². The van der Waals surface area contributed by atoms with Crippen LogP contribution in [0, 0.1) is 0 Å². The zero-order valence-corrected chi connectivity index (χ0v) is 13.9. The molecule has 1 aromatic heterocycles. The summed E-state index contributed by atoms with van der Waals surface area (Å²) in [4.78, 5) is 3.64. The summed E-state index contributed by atoms with van der Waals surface area (Å²) in [7, 11) is -3.92. The molecule has 0 bridgehead atoms. The van der Waals surface area contributed by atoms with Gasteiger partial charge in [0.2, 0.25) is 0 Å². The van der Waals surface area contributed by atoms with E-state index in [9.17, 15) is 8.42 Å². The van der Waals surface area contributed by atoms with E-state index in [0.717, 1.165) is 16.9 Å². The van der Waals surface area contributed by atoms with Crippen LogP contribution in [0.5, 0.6) is 0 Å². The van der Waals surface area contributed by atoms with Crippen LogP contribution in [0.3, 0.4) is 0 Å². The Kier molecular flexibility index (Phi) is 8.43. The van der Waals surface area contributed by atoms with Crippen LogP contribution in [-0.2, 0) is 10.3 Å². The molecule has 1 rings (SSSR count). The maximum Gasteiger partial charge on any atom is 1.00 e. The summed E-state index contributed by atoms with van der Waals surface area (Å²) in [5.41, 5.74) is 0. The summed E-state index contributed by atoms with van der Waals surface area (Å²) in [5.74, 6) is 0.756. The number of imidazole rings is 1. The van der Waals surface area contributed by atoms with Crippen molar-refractivity contribution in [1.29, 1.82) is 0 Å². The predicted molar refractivity (Wildman–Crippen MR) is 67.3 cm³/mol. The molecule has 1 N–H and O–H groups in total. The fourth-order valence-corrected chi connectivity index (χ4v) is 2.79. The van der Waals surface area contributed by atoms with Crippen LogP contribution in [-0.4, -0.2) is 28.2 Å². The smallest absolute Gasteiger partial charge is 1.00 e. The number of thiocarbonyl (C=S) groups is 1. The summed E-state index contributed by atoms with van der Waals surface area (Å²) >= 11 is 6.08. The minimum Gasteiger partial charge on any atom is -1.00 e. The molecule has 10 heteroatoms. The molecule has 0 unspecified atom stereocenters. The third-order valence-electron chi connectivity index (χ3n) is 1.31. The fraction of sp³-hybridized carbons (Fsp3) is 0.429. The molecule has 1 aromatic rings. The molecule has 0 atom stereocenters. The van der Waals surface area contributed by atoms with Gasteiger partial charge in [-0.1, -0.05) is 30.9 Å². The van der Waals surface area contributed by atoms with Crippen molar-refractivity contribution in [3.05, 3.63) is 18.7 Å². The van der Waals surface area contributed by atoms with E-state index >= 15 is 0 Å². The van der Waals surface area contributed by atoms with Gasteiger partial charge in [0, 0.05) is 11.9 Å². The molecule has 0 aliphatic rings. The van der Waals surface area contributed by atoms with Crippen molar-refractivity contribution in [2.24, 2.45) is 0 Å². The Labute approximate surface area is 133 Å². The third-order valence-corrected chi connectivity index (χ3v) is 3.82. The van der Waals surface area contributed by atoms with Crippen LogP contribution < -0.4 is 38.6 Å². The van der Waals surface area contributed by atoms with Crippen molar-refractivity contribution in [3.63, 3.8) is 0 Å². The number of hydrogen-bond acceptors (Lipinski definition) is 6. The Morgan fingerprint density at radius 2 is 2.41 bits per heavy atom. The third kappa shape index (κ3) is 7.27. The van der Waals surface area contributed by atoms with Crippen LogP contribution >= 0.6 is 24.0 Å². The number of rotatable bonds is 5. The Balaban J connectivity index is 0. The average Bonchev–Trinajstić information content (AvgIpc) is 2.65. The summed E-state index contributed by atoms with van der Waals surface area (Å²) in [5, 5.41) is 0. The van der Waals surface area contributed by atoms with Crippen LogP contribution in [0.4, 0.5) is 0 Å². The first-order valence-electron chi connectivity index (χ1n) is 4.41. The molecular formula is C7H12N3NaO3S3. The zero-order valence-electron chi connectivity index (χ0n) is 10.5. The van der Waals surface area contributed by atoms with Gasteiger partial charge in [0.15, 0.2) is 0 Å². The molecule has 0 aliphatic heterocycles. The molecule has 0 saturated carbocycles. The monoisotopic (exact) mass is 305 g/mol. The molecule has 1 heterocycles. The van der Waals surface area contributed by atoms with E-state index < -0.39 is 10.3 Å². The molecule has 0 radical (unpaired) electrons. The maximum atomic E-state index is 11.4. The first-order valence-corrected chi connectivity index (χ1v) is 7.21. The molecular weight excluding hydrogens is 293 g/mol. The van der Waals surface area contributed by atoms with Crippen LogP contribution in [0.15, 0.2) is 18.7 Å². The molecule has 0 fully saturated rings. The van der Waals surface area contributed by atoms with E-state index in [1.165, 1.54) is 30.5 Å². The number of nitrogens with zero attached hydrogens (tertiary/aromatic N) is 2. The normalized spacial score (nSPS) is 10.4. The maximum absolute atomic E-state index is 11.4. The van der Waals surface area contributed by atoms with Gasteiger partial charge < -0.3 is 1.43 Å². The molecule has 17 heavy (non-hydrogen) atoms. The summed E-state index contributed by atoms with van der Waals surface area (Å²) in [6.07, 6.45) is 4.90. The molecule has 0 amide bonds. The van der Waals surface area contributed by atoms with Crippen molar-refractivity contribution in [1.82, 2.24) is 14.4 Å². The Morgan fingerprint density at radius 1 is 1.71 bits per heavy atom. The number of thioether (sulfide) groups is 1.